The molecule has 1 aromatic rings. The third kappa shape index (κ3) is 4.33. The molecule has 2 aliphatic rings. The molecule has 0 bridgehead atoms. The van der Waals surface area contributed by atoms with Gasteiger partial charge in [-0.2, -0.15) is 0 Å². The van der Waals surface area contributed by atoms with Gasteiger partial charge in [-0.1, -0.05) is 18.2 Å². The summed E-state index contributed by atoms with van der Waals surface area (Å²) in [6.45, 7) is 7.05. The Morgan fingerprint density at radius 2 is 1.76 bits per heavy atom. The third-order valence-electron chi connectivity index (χ3n) is 5.51. The van der Waals surface area contributed by atoms with Crippen molar-refractivity contribution in [3.05, 3.63) is 29.3 Å². The zero-order chi connectivity index (χ0) is 17.8. The van der Waals surface area contributed by atoms with Crippen molar-refractivity contribution in [3.63, 3.8) is 0 Å². The molecule has 0 radical (unpaired) electrons. The van der Waals surface area contributed by atoms with Gasteiger partial charge in [0.1, 0.15) is 11.9 Å². The topological polar surface area (TPSA) is 64.8 Å². The van der Waals surface area contributed by atoms with E-state index in [1.807, 2.05) is 4.90 Å². The second-order valence-electron chi connectivity index (χ2n) is 7.34. The molecule has 1 aromatic carbocycles. The maximum absolute atomic E-state index is 12.7. The first-order valence-electron chi connectivity index (χ1n) is 9.41. The van der Waals surface area contributed by atoms with Crippen LogP contribution >= 0.6 is 0 Å². The summed E-state index contributed by atoms with van der Waals surface area (Å²) in [5.74, 6) is 1.34. The van der Waals surface area contributed by atoms with E-state index in [1.165, 1.54) is 11.1 Å². The molecule has 138 valence electrons. The molecular weight excluding hydrogens is 316 g/mol. The molecule has 5 nitrogen and oxygen atoms in total. The number of nitrogens with two attached hydrogens (primary N) is 1. The zero-order valence-corrected chi connectivity index (χ0v) is 15.4. The Balaban J connectivity index is 1.52. The van der Waals surface area contributed by atoms with Crippen LogP contribution in [0.15, 0.2) is 18.2 Å². The van der Waals surface area contributed by atoms with Crippen molar-refractivity contribution in [2.45, 2.75) is 51.7 Å². The fraction of sp³-hybridized carbons (Fsp3) is 0.650. The van der Waals surface area contributed by atoms with E-state index in [1.54, 1.807) is 0 Å². The van der Waals surface area contributed by atoms with Gasteiger partial charge in [-0.3, -0.25) is 4.79 Å². The van der Waals surface area contributed by atoms with Gasteiger partial charge in [0.25, 0.3) is 0 Å². The Hall–Kier alpha value is -1.59. The summed E-state index contributed by atoms with van der Waals surface area (Å²) in [6.07, 6.45) is 3.67. The smallest absolute Gasteiger partial charge is 0.239 e. The van der Waals surface area contributed by atoms with Crippen molar-refractivity contribution < 1.29 is 14.3 Å². The zero-order valence-electron chi connectivity index (χ0n) is 15.4. The van der Waals surface area contributed by atoms with E-state index in [-0.39, 0.29) is 24.0 Å². The van der Waals surface area contributed by atoms with Crippen molar-refractivity contribution in [1.82, 2.24) is 4.90 Å². The Morgan fingerprint density at radius 3 is 2.36 bits per heavy atom. The van der Waals surface area contributed by atoms with Crippen LogP contribution in [-0.2, 0) is 9.53 Å². The molecule has 5 heteroatoms. The number of rotatable bonds is 4. The van der Waals surface area contributed by atoms with Crippen molar-refractivity contribution in [2.24, 2.45) is 11.7 Å². The number of nitrogens with zero attached hydrogens (tertiary/aromatic N) is 1. The molecule has 0 aliphatic carbocycles. The van der Waals surface area contributed by atoms with E-state index in [9.17, 15) is 4.79 Å². The van der Waals surface area contributed by atoms with Gasteiger partial charge in [0.15, 0.2) is 0 Å². The molecular formula is C20H30N2O3. The number of amides is 1. The first kappa shape index (κ1) is 18.2. The van der Waals surface area contributed by atoms with Crippen molar-refractivity contribution >= 4 is 5.91 Å². The summed E-state index contributed by atoms with van der Waals surface area (Å²) in [7, 11) is 0. The maximum Gasteiger partial charge on any atom is 0.239 e. The summed E-state index contributed by atoms with van der Waals surface area (Å²) < 4.78 is 11.6. The van der Waals surface area contributed by atoms with Crippen LogP contribution in [-0.4, -0.2) is 49.3 Å². The van der Waals surface area contributed by atoms with E-state index in [4.69, 9.17) is 15.2 Å². The molecule has 1 amide bonds. The van der Waals surface area contributed by atoms with Crippen molar-refractivity contribution in [1.29, 1.82) is 0 Å². The van der Waals surface area contributed by atoms with Gasteiger partial charge in [0.05, 0.1) is 6.04 Å². The number of para-hydroxylation sites is 1. The average Bonchev–Trinajstić information content (AvgIpc) is 2.65. The van der Waals surface area contributed by atoms with Gasteiger partial charge in [0.2, 0.25) is 5.91 Å². The summed E-state index contributed by atoms with van der Waals surface area (Å²) >= 11 is 0. The van der Waals surface area contributed by atoms with E-state index in [0.29, 0.717) is 0 Å². The number of carbonyl (C=O) groups is 1. The van der Waals surface area contributed by atoms with Gasteiger partial charge >= 0.3 is 0 Å². The fourth-order valence-corrected chi connectivity index (χ4v) is 3.83. The number of carbonyl (C=O) groups excluding carboxylic acids is 1. The highest BCUT2D eigenvalue weighted by Crippen LogP contribution is 2.27. The highest BCUT2D eigenvalue weighted by Gasteiger charge is 2.32. The lowest BCUT2D eigenvalue weighted by atomic mass is 9.91. The Labute approximate surface area is 150 Å². The monoisotopic (exact) mass is 346 g/mol. The van der Waals surface area contributed by atoms with Crippen molar-refractivity contribution in [2.75, 3.05) is 26.3 Å². The highest BCUT2D eigenvalue weighted by atomic mass is 16.5. The predicted octanol–water partition coefficient (Wildman–Crippen LogP) is 2.43. The van der Waals surface area contributed by atoms with Crippen LogP contribution in [0.3, 0.4) is 0 Å². The second kappa shape index (κ2) is 8.19. The van der Waals surface area contributed by atoms with Gasteiger partial charge < -0.3 is 20.1 Å². The first-order chi connectivity index (χ1) is 12.1. The van der Waals surface area contributed by atoms with Crippen LogP contribution in [0.25, 0.3) is 0 Å². The van der Waals surface area contributed by atoms with E-state index in [2.05, 4.69) is 32.0 Å². The number of aryl methyl sites for hydroxylation is 2. The minimum atomic E-state index is -0.389. The second-order valence-corrected chi connectivity index (χ2v) is 7.34. The molecule has 25 heavy (non-hydrogen) atoms. The molecule has 0 aromatic heterocycles. The first-order valence-corrected chi connectivity index (χ1v) is 9.41. The van der Waals surface area contributed by atoms with Crippen LogP contribution in [0.4, 0.5) is 0 Å². The third-order valence-corrected chi connectivity index (χ3v) is 5.51. The number of likely N-dealkylation sites (tertiary alicyclic amines) is 1. The Bertz CT molecular complexity index is 570. The van der Waals surface area contributed by atoms with E-state index >= 15 is 0 Å². The van der Waals surface area contributed by atoms with Crippen LogP contribution in [0.1, 0.15) is 36.8 Å². The summed E-state index contributed by atoms with van der Waals surface area (Å²) in [5.41, 5.74) is 8.58. The average molecular weight is 346 g/mol. The van der Waals surface area contributed by atoms with Crippen LogP contribution in [0, 0.1) is 19.8 Å². The summed E-state index contributed by atoms with van der Waals surface area (Å²) in [4.78, 5) is 14.6. The lowest BCUT2D eigenvalue weighted by molar-refractivity contribution is -0.136. The number of piperidine rings is 1. The van der Waals surface area contributed by atoms with Gasteiger partial charge in [-0.05, 0) is 43.7 Å². The number of ether oxygens (including phenoxy) is 2. The summed E-state index contributed by atoms with van der Waals surface area (Å²) in [5, 5.41) is 0. The minimum absolute atomic E-state index is 0.0948. The van der Waals surface area contributed by atoms with Crippen LogP contribution in [0.2, 0.25) is 0 Å². The lowest BCUT2D eigenvalue weighted by Gasteiger charge is -2.36. The fourth-order valence-electron chi connectivity index (χ4n) is 3.83. The highest BCUT2D eigenvalue weighted by molar-refractivity contribution is 5.82. The Morgan fingerprint density at radius 1 is 1.16 bits per heavy atom. The van der Waals surface area contributed by atoms with Gasteiger partial charge in [-0.15, -0.1) is 0 Å². The molecule has 1 atom stereocenters. The molecule has 1 unspecified atom stereocenters. The molecule has 2 fully saturated rings. The number of hydrogen-bond donors (Lipinski definition) is 1. The molecule has 2 aliphatic heterocycles. The normalized spacial score (nSPS) is 21.2. The van der Waals surface area contributed by atoms with Gasteiger partial charge in [-0.25, -0.2) is 0 Å². The molecule has 2 saturated heterocycles. The van der Waals surface area contributed by atoms with Crippen LogP contribution in [0.5, 0.6) is 5.75 Å². The predicted molar refractivity (Wildman–Crippen MR) is 97.7 cm³/mol. The number of benzene rings is 1. The largest absolute Gasteiger partial charge is 0.490 e. The summed E-state index contributed by atoms with van der Waals surface area (Å²) in [6, 6.07) is 5.82. The maximum atomic E-state index is 12.7. The standard InChI is InChI=1S/C20H30N2O3/c1-14-4-3-5-15(2)19(14)25-17-6-10-22(11-7-17)20(23)18(21)16-8-12-24-13-9-16/h3-5,16-18H,6-13,21H2,1-2H3. The van der Waals surface area contributed by atoms with E-state index in [0.717, 1.165) is 57.7 Å². The van der Waals surface area contributed by atoms with Crippen molar-refractivity contribution in [3.8, 4) is 5.75 Å². The molecule has 2 heterocycles. The minimum Gasteiger partial charge on any atom is -0.490 e. The SMILES string of the molecule is Cc1cccc(C)c1OC1CCN(C(=O)C(N)C2CCOCC2)CC1. The van der Waals surface area contributed by atoms with Gasteiger partial charge in [0, 0.05) is 39.1 Å². The molecule has 3 rings (SSSR count). The molecule has 0 saturated carbocycles. The van der Waals surface area contributed by atoms with E-state index < -0.39 is 0 Å². The van der Waals surface area contributed by atoms with Crippen LogP contribution < -0.4 is 10.5 Å². The molecule has 2 N–H and O–H groups in total. The lowest BCUT2D eigenvalue weighted by Crippen LogP contribution is -2.52. The Kier molecular flexibility index (Phi) is 5.97. The molecule has 0 spiro atoms. The quantitative estimate of drug-likeness (QED) is 0.909. The number of hydrogen-bond acceptors (Lipinski definition) is 4.